The molecule has 0 fully saturated rings. The van der Waals surface area contributed by atoms with Crippen LogP contribution < -0.4 is 0 Å². The summed E-state index contributed by atoms with van der Waals surface area (Å²) in [5, 5.41) is 8.16. The van der Waals surface area contributed by atoms with Gasteiger partial charge in [-0.25, -0.2) is 0 Å². The third-order valence-corrected chi connectivity index (χ3v) is 1.48. The zero-order valence-electron chi connectivity index (χ0n) is 9.91. The lowest BCUT2D eigenvalue weighted by Gasteiger charge is -2.19. The van der Waals surface area contributed by atoms with E-state index in [1.807, 2.05) is 0 Å². The highest BCUT2D eigenvalue weighted by atomic mass is 16.6. The molecule has 0 saturated carbocycles. The molecule has 0 amide bonds. The summed E-state index contributed by atoms with van der Waals surface area (Å²) in [6, 6.07) is 1.69. The molecule has 0 heterocycles. The first-order valence-corrected chi connectivity index (χ1v) is 5.09. The summed E-state index contributed by atoms with van der Waals surface area (Å²) in [6.45, 7) is 5.11. The van der Waals surface area contributed by atoms with Crippen molar-refractivity contribution in [1.29, 1.82) is 5.26 Å². The molecule has 0 N–H and O–H groups in total. The smallest absolute Gasteiger partial charge is 0.306 e. The van der Waals surface area contributed by atoms with Gasteiger partial charge in [0.2, 0.25) is 0 Å². The molecule has 0 spiro atoms. The molecule has 0 aliphatic rings. The Morgan fingerprint density at radius 1 is 1.19 bits per heavy atom. The number of esters is 2. The van der Waals surface area contributed by atoms with Crippen molar-refractivity contribution >= 4 is 11.9 Å². The Labute approximate surface area is 95.3 Å². The maximum Gasteiger partial charge on any atom is 0.306 e. The van der Waals surface area contributed by atoms with Crippen LogP contribution in [-0.2, 0) is 19.1 Å². The first-order chi connectivity index (χ1) is 7.35. The molecule has 0 rings (SSSR count). The Bertz CT molecular complexity index is 285. The minimum absolute atomic E-state index is 0.126. The normalized spacial score (nSPS) is 10.4. The van der Waals surface area contributed by atoms with Gasteiger partial charge in [-0.15, -0.1) is 0 Å². The van der Waals surface area contributed by atoms with Crippen molar-refractivity contribution in [2.75, 3.05) is 6.61 Å². The van der Waals surface area contributed by atoms with Crippen LogP contribution in [0, 0.1) is 11.3 Å². The molecular formula is C11H17NO4. The van der Waals surface area contributed by atoms with Gasteiger partial charge in [0.15, 0.2) is 6.61 Å². The van der Waals surface area contributed by atoms with Crippen molar-refractivity contribution in [3.8, 4) is 6.07 Å². The molecule has 5 nitrogen and oxygen atoms in total. The standard InChI is InChI=1S/C11H17NO4/c1-11(2,3)16-10(14)6-4-5-9(13)15-8-7-12/h4-6,8H2,1-3H3. The molecule has 0 unspecified atom stereocenters. The molecular weight excluding hydrogens is 210 g/mol. The van der Waals surface area contributed by atoms with Crippen molar-refractivity contribution in [3.63, 3.8) is 0 Å². The van der Waals surface area contributed by atoms with Gasteiger partial charge in [-0.2, -0.15) is 5.26 Å². The van der Waals surface area contributed by atoms with Crippen LogP contribution in [0.5, 0.6) is 0 Å². The summed E-state index contributed by atoms with van der Waals surface area (Å²) in [6.07, 6.45) is 0.680. The molecule has 0 saturated heterocycles. The van der Waals surface area contributed by atoms with Gasteiger partial charge in [0, 0.05) is 12.8 Å². The number of nitriles is 1. The maximum absolute atomic E-state index is 11.2. The zero-order valence-corrected chi connectivity index (χ0v) is 9.91. The van der Waals surface area contributed by atoms with Gasteiger partial charge in [-0.1, -0.05) is 0 Å². The molecule has 5 heteroatoms. The van der Waals surface area contributed by atoms with Gasteiger partial charge in [-0.05, 0) is 27.2 Å². The van der Waals surface area contributed by atoms with Crippen LogP contribution in [-0.4, -0.2) is 24.1 Å². The molecule has 0 aromatic heterocycles. The van der Waals surface area contributed by atoms with Crippen LogP contribution in [0.15, 0.2) is 0 Å². The molecule has 0 bridgehead atoms. The van der Waals surface area contributed by atoms with E-state index >= 15 is 0 Å². The highest BCUT2D eigenvalue weighted by Gasteiger charge is 2.16. The Hall–Kier alpha value is -1.57. The number of nitrogens with zero attached hydrogens (tertiary/aromatic N) is 1. The fourth-order valence-electron chi connectivity index (χ4n) is 0.955. The van der Waals surface area contributed by atoms with E-state index in [9.17, 15) is 9.59 Å². The zero-order chi connectivity index (χ0) is 12.6. The largest absolute Gasteiger partial charge is 0.460 e. The van der Waals surface area contributed by atoms with E-state index in [2.05, 4.69) is 4.74 Å². The number of ether oxygens (including phenoxy) is 2. The third-order valence-electron chi connectivity index (χ3n) is 1.48. The number of hydrogen-bond acceptors (Lipinski definition) is 5. The van der Waals surface area contributed by atoms with Gasteiger partial charge in [0.05, 0.1) is 0 Å². The predicted octanol–water partition coefficient (Wildman–Crippen LogP) is 1.57. The number of carbonyl (C=O) groups excluding carboxylic acids is 2. The Morgan fingerprint density at radius 3 is 2.25 bits per heavy atom. The minimum atomic E-state index is -0.502. The predicted molar refractivity (Wildman–Crippen MR) is 56.3 cm³/mol. The summed E-state index contributed by atoms with van der Waals surface area (Å²) in [4.78, 5) is 22.2. The van der Waals surface area contributed by atoms with E-state index < -0.39 is 11.6 Å². The molecule has 16 heavy (non-hydrogen) atoms. The number of carbonyl (C=O) groups is 2. The minimum Gasteiger partial charge on any atom is -0.460 e. The van der Waals surface area contributed by atoms with Crippen molar-refractivity contribution in [2.45, 2.75) is 45.6 Å². The molecule has 0 aromatic rings. The second kappa shape index (κ2) is 6.83. The van der Waals surface area contributed by atoms with E-state index in [-0.39, 0.29) is 25.4 Å². The fourth-order valence-corrected chi connectivity index (χ4v) is 0.955. The molecule has 0 aliphatic heterocycles. The average molecular weight is 227 g/mol. The highest BCUT2D eigenvalue weighted by molar-refractivity contribution is 5.72. The molecule has 0 aromatic carbocycles. The highest BCUT2D eigenvalue weighted by Crippen LogP contribution is 2.09. The summed E-state index contributed by atoms with van der Waals surface area (Å²) < 4.78 is 9.58. The van der Waals surface area contributed by atoms with E-state index in [1.54, 1.807) is 26.8 Å². The first-order valence-electron chi connectivity index (χ1n) is 5.09. The average Bonchev–Trinajstić information content (AvgIpc) is 2.11. The summed E-state index contributed by atoms with van der Waals surface area (Å²) >= 11 is 0. The lowest BCUT2D eigenvalue weighted by Crippen LogP contribution is -2.23. The number of hydrogen-bond donors (Lipinski definition) is 0. The maximum atomic E-state index is 11.2. The van der Waals surface area contributed by atoms with Crippen molar-refractivity contribution in [3.05, 3.63) is 0 Å². The molecule has 0 radical (unpaired) electrons. The van der Waals surface area contributed by atoms with Crippen LogP contribution in [0.1, 0.15) is 40.0 Å². The van der Waals surface area contributed by atoms with Crippen LogP contribution >= 0.6 is 0 Å². The molecule has 0 atom stereocenters. The van der Waals surface area contributed by atoms with E-state index in [4.69, 9.17) is 10.00 Å². The lowest BCUT2D eigenvalue weighted by atomic mass is 10.2. The summed E-state index contributed by atoms with van der Waals surface area (Å²) in [7, 11) is 0. The number of rotatable bonds is 5. The SMILES string of the molecule is CC(C)(C)OC(=O)CCCC(=O)OCC#N. The fraction of sp³-hybridized carbons (Fsp3) is 0.727. The second-order valence-corrected chi connectivity index (χ2v) is 4.26. The van der Waals surface area contributed by atoms with Gasteiger partial charge < -0.3 is 9.47 Å². The Kier molecular flexibility index (Phi) is 6.16. The van der Waals surface area contributed by atoms with Gasteiger partial charge >= 0.3 is 11.9 Å². The summed E-state index contributed by atoms with van der Waals surface area (Å²) in [5.74, 6) is -0.800. The molecule has 90 valence electrons. The van der Waals surface area contributed by atoms with Crippen LogP contribution in [0.3, 0.4) is 0 Å². The lowest BCUT2D eigenvalue weighted by molar-refractivity contribution is -0.155. The Morgan fingerprint density at radius 2 is 1.75 bits per heavy atom. The van der Waals surface area contributed by atoms with Crippen molar-refractivity contribution in [1.82, 2.24) is 0 Å². The molecule has 0 aliphatic carbocycles. The van der Waals surface area contributed by atoms with E-state index in [0.717, 1.165) is 0 Å². The topological polar surface area (TPSA) is 76.4 Å². The van der Waals surface area contributed by atoms with Gasteiger partial charge in [0.1, 0.15) is 11.7 Å². The van der Waals surface area contributed by atoms with E-state index in [1.165, 1.54) is 0 Å². The van der Waals surface area contributed by atoms with Gasteiger partial charge in [0.25, 0.3) is 0 Å². The van der Waals surface area contributed by atoms with Crippen LogP contribution in [0.2, 0.25) is 0 Å². The van der Waals surface area contributed by atoms with Gasteiger partial charge in [-0.3, -0.25) is 9.59 Å². The monoisotopic (exact) mass is 227 g/mol. The first kappa shape index (κ1) is 14.4. The third kappa shape index (κ3) is 9.00. The second-order valence-electron chi connectivity index (χ2n) is 4.26. The summed E-state index contributed by atoms with van der Waals surface area (Å²) in [5.41, 5.74) is -0.502. The van der Waals surface area contributed by atoms with Crippen LogP contribution in [0.4, 0.5) is 0 Å². The Balaban J connectivity index is 3.63. The van der Waals surface area contributed by atoms with Crippen molar-refractivity contribution < 1.29 is 19.1 Å². The van der Waals surface area contributed by atoms with E-state index in [0.29, 0.717) is 6.42 Å². The van der Waals surface area contributed by atoms with Crippen LogP contribution in [0.25, 0.3) is 0 Å². The van der Waals surface area contributed by atoms with Crippen molar-refractivity contribution in [2.24, 2.45) is 0 Å². The quantitative estimate of drug-likeness (QED) is 0.666.